The van der Waals surface area contributed by atoms with Gasteiger partial charge in [-0.2, -0.15) is 0 Å². The van der Waals surface area contributed by atoms with E-state index in [2.05, 4.69) is 5.43 Å². The average molecular weight is 184 g/mol. The Morgan fingerprint density at radius 3 is 3.08 bits per heavy atom. The van der Waals surface area contributed by atoms with Gasteiger partial charge in [-0.25, -0.2) is 0 Å². The first-order valence-electron chi connectivity index (χ1n) is 4.43. The first-order chi connectivity index (χ1) is 6.36. The van der Waals surface area contributed by atoms with Gasteiger partial charge >= 0.3 is 0 Å². The summed E-state index contributed by atoms with van der Waals surface area (Å²) < 4.78 is 10.4. The Morgan fingerprint density at radius 2 is 2.54 bits per heavy atom. The molecule has 4 nitrogen and oxygen atoms in total. The smallest absolute Gasteiger partial charge is 0.105 e. The van der Waals surface area contributed by atoms with Crippen molar-refractivity contribution in [2.24, 2.45) is 5.84 Å². The predicted molar refractivity (Wildman–Crippen MR) is 50.0 cm³/mol. The lowest BCUT2D eigenvalue weighted by Crippen LogP contribution is -2.40. The zero-order valence-electron chi connectivity index (χ0n) is 7.82. The Morgan fingerprint density at radius 1 is 1.69 bits per heavy atom. The third-order valence-corrected chi connectivity index (χ3v) is 1.79. The Hall–Kier alpha value is -0.840. The molecule has 1 rings (SSSR count). The zero-order valence-corrected chi connectivity index (χ0v) is 7.82. The molecule has 1 aromatic rings. The molecule has 0 fully saturated rings. The SMILES string of the molecule is CCOCC(Cc1ccco1)NN. The first kappa shape index (κ1) is 10.2. The molecule has 0 amide bonds. The minimum atomic E-state index is 0.117. The summed E-state index contributed by atoms with van der Waals surface area (Å²) in [5.41, 5.74) is 2.69. The number of furan rings is 1. The summed E-state index contributed by atoms with van der Waals surface area (Å²) in [4.78, 5) is 0. The van der Waals surface area contributed by atoms with E-state index in [1.165, 1.54) is 0 Å². The van der Waals surface area contributed by atoms with Crippen molar-refractivity contribution in [1.29, 1.82) is 0 Å². The monoisotopic (exact) mass is 184 g/mol. The highest BCUT2D eigenvalue weighted by molar-refractivity contribution is 5.00. The standard InChI is InChI=1S/C9H16N2O2/c1-2-12-7-8(11-10)6-9-4-3-5-13-9/h3-5,8,11H,2,6-7,10H2,1H3. The maximum absolute atomic E-state index is 5.36. The first-order valence-corrected chi connectivity index (χ1v) is 4.43. The van der Waals surface area contributed by atoms with E-state index in [9.17, 15) is 0 Å². The van der Waals surface area contributed by atoms with Crippen molar-refractivity contribution >= 4 is 0 Å². The summed E-state index contributed by atoms with van der Waals surface area (Å²) >= 11 is 0. The van der Waals surface area contributed by atoms with E-state index in [1.54, 1.807) is 6.26 Å². The lowest BCUT2D eigenvalue weighted by molar-refractivity contribution is 0.121. The Labute approximate surface area is 78.0 Å². The van der Waals surface area contributed by atoms with E-state index in [0.717, 1.165) is 12.2 Å². The second-order valence-electron chi connectivity index (χ2n) is 2.81. The van der Waals surface area contributed by atoms with Crippen molar-refractivity contribution < 1.29 is 9.15 Å². The van der Waals surface area contributed by atoms with Crippen LogP contribution in [0.4, 0.5) is 0 Å². The van der Waals surface area contributed by atoms with Crippen molar-refractivity contribution in [3.63, 3.8) is 0 Å². The highest BCUT2D eigenvalue weighted by Gasteiger charge is 2.08. The molecule has 0 aliphatic rings. The van der Waals surface area contributed by atoms with Gasteiger partial charge in [0.25, 0.3) is 0 Å². The van der Waals surface area contributed by atoms with Crippen LogP contribution >= 0.6 is 0 Å². The van der Waals surface area contributed by atoms with Crippen LogP contribution in [0, 0.1) is 0 Å². The second kappa shape index (κ2) is 5.75. The van der Waals surface area contributed by atoms with E-state index in [0.29, 0.717) is 13.2 Å². The molecule has 0 radical (unpaired) electrons. The van der Waals surface area contributed by atoms with Crippen molar-refractivity contribution in [3.05, 3.63) is 24.2 Å². The van der Waals surface area contributed by atoms with Gasteiger partial charge in [-0.05, 0) is 19.1 Å². The van der Waals surface area contributed by atoms with Gasteiger partial charge in [-0.1, -0.05) is 0 Å². The minimum Gasteiger partial charge on any atom is -0.469 e. The summed E-state index contributed by atoms with van der Waals surface area (Å²) in [6, 6.07) is 3.91. The third kappa shape index (κ3) is 3.59. The summed E-state index contributed by atoms with van der Waals surface area (Å²) in [5, 5.41) is 0. The molecule has 3 N–H and O–H groups in total. The normalized spacial score (nSPS) is 13.1. The maximum atomic E-state index is 5.36. The van der Waals surface area contributed by atoms with Gasteiger partial charge in [-0.15, -0.1) is 0 Å². The molecule has 1 unspecified atom stereocenters. The summed E-state index contributed by atoms with van der Waals surface area (Å²) in [6.45, 7) is 3.27. The van der Waals surface area contributed by atoms with E-state index < -0.39 is 0 Å². The molecular formula is C9H16N2O2. The molecule has 0 saturated carbocycles. The third-order valence-electron chi connectivity index (χ3n) is 1.79. The van der Waals surface area contributed by atoms with Gasteiger partial charge in [0, 0.05) is 13.0 Å². The van der Waals surface area contributed by atoms with E-state index in [4.69, 9.17) is 15.0 Å². The van der Waals surface area contributed by atoms with Crippen LogP contribution in [0.2, 0.25) is 0 Å². The van der Waals surface area contributed by atoms with Crippen molar-refractivity contribution in [1.82, 2.24) is 5.43 Å². The van der Waals surface area contributed by atoms with Crippen LogP contribution in [0.25, 0.3) is 0 Å². The molecule has 4 heteroatoms. The Kier molecular flexibility index (Phi) is 4.53. The van der Waals surface area contributed by atoms with Crippen LogP contribution in [-0.2, 0) is 11.2 Å². The summed E-state index contributed by atoms with van der Waals surface area (Å²) in [6.07, 6.45) is 2.41. The van der Waals surface area contributed by atoms with Crippen LogP contribution in [0.1, 0.15) is 12.7 Å². The van der Waals surface area contributed by atoms with Crippen LogP contribution in [0.5, 0.6) is 0 Å². The molecule has 0 spiro atoms. The minimum absolute atomic E-state index is 0.117. The number of nitrogens with one attached hydrogen (secondary N) is 1. The predicted octanol–water partition coefficient (Wildman–Crippen LogP) is 0.691. The summed E-state index contributed by atoms with van der Waals surface area (Å²) in [5.74, 6) is 6.28. The number of ether oxygens (including phenoxy) is 1. The molecule has 74 valence electrons. The molecule has 0 saturated heterocycles. The fourth-order valence-corrected chi connectivity index (χ4v) is 1.10. The number of hydrogen-bond acceptors (Lipinski definition) is 4. The van der Waals surface area contributed by atoms with E-state index in [1.807, 2.05) is 19.1 Å². The second-order valence-corrected chi connectivity index (χ2v) is 2.81. The molecular weight excluding hydrogens is 168 g/mol. The van der Waals surface area contributed by atoms with Crippen molar-refractivity contribution in [2.45, 2.75) is 19.4 Å². The molecule has 0 aliphatic heterocycles. The van der Waals surface area contributed by atoms with Crippen molar-refractivity contribution in [2.75, 3.05) is 13.2 Å². The van der Waals surface area contributed by atoms with Crippen LogP contribution < -0.4 is 11.3 Å². The van der Waals surface area contributed by atoms with E-state index in [-0.39, 0.29) is 6.04 Å². The number of hydrazine groups is 1. The van der Waals surface area contributed by atoms with Gasteiger partial charge in [0.15, 0.2) is 0 Å². The molecule has 1 aromatic heterocycles. The molecule has 0 aliphatic carbocycles. The maximum Gasteiger partial charge on any atom is 0.105 e. The number of rotatable bonds is 6. The van der Waals surface area contributed by atoms with E-state index >= 15 is 0 Å². The van der Waals surface area contributed by atoms with Crippen molar-refractivity contribution in [3.8, 4) is 0 Å². The summed E-state index contributed by atoms with van der Waals surface area (Å²) in [7, 11) is 0. The lowest BCUT2D eigenvalue weighted by atomic mass is 10.2. The quantitative estimate of drug-likeness (QED) is 0.504. The topological polar surface area (TPSA) is 60.4 Å². The molecule has 1 atom stereocenters. The highest BCUT2D eigenvalue weighted by atomic mass is 16.5. The van der Waals surface area contributed by atoms with Crippen LogP contribution in [0.3, 0.4) is 0 Å². The lowest BCUT2D eigenvalue weighted by Gasteiger charge is -2.13. The van der Waals surface area contributed by atoms with Gasteiger partial charge < -0.3 is 9.15 Å². The zero-order chi connectivity index (χ0) is 9.52. The molecule has 1 heterocycles. The number of nitrogens with two attached hydrogens (primary N) is 1. The fraction of sp³-hybridized carbons (Fsp3) is 0.556. The average Bonchev–Trinajstić information content (AvgIpc) is 2.64. The van der Waals surface area contributed by atoms with Gasteiger partial charge in [0.2, 0.25) is 0 Å². The Bertz CT molecular complexity index is 211. The van der Waals surface area contributed by atoms with Gasteiger partial charge in [0.05, 0.1) is 18.9 Å². The van der Waals surface area contributed by atoms with Crippen LogP contribution in [0.15, 0.2) is 22.8 Å². The van der Waals surface area contributed by atoms with Gasteiger partial charge in [-0.3, -0.25) is 11.3 Å². The highest BCUT2D eigenvalue weighted by Crippen LogP contribution is 2.03. The molecule has 0 bridgehead atoms. The van der Waals surface area contributed by atoms with Gasteiger partial charge in [0.1, 0.15) is 5.76 Å². The number of hydrogen-bond donors (Lipinski definition) is 2. The fourth-order valence-electron chi connectivity index (χ4n) is 1.10. The molecule has 0 aromatic carbocycles. The largest absolute Gasteiger partial charge is 0.469 e. The Balaban J connectivity index is 2.31. The van der Waals surface area contributed by atoms with Crippen LogP contribution in [-0.4, -0.2) is 19.3 Å². The molecule has 13 heavy (non-hydrogen) atoms.